The van der Waals surface area contributed by atoms with Crippen molar-refractivity contribution < 1.29 is 19.1 Å². The highest BCUT2D eigenvalue weighted by Gasteiger charge is 2.30. The van der Waals surface area contributed by atoms with Crippen LogP contribution < -0.4 is 10.1 Å². The molecular formula is C23H20N4O4. The Kier molecular flexibility index (Phi) is 5.78. The van der Waals surface area contributed by atoms with E-state index in [1.807, 2.05) is 12.1 Å². The number of nitriles is 1. The van der Waals surface area contributed by atoms with Gasteiger partial charge in [-0.15, -0.1) is 0 Å². The molecule has 1 fully saturated rings. The van der Waals surface area contributed by atoms with Crippen LogP contribution in [0.15, 0.2) is 59.1 Å². The number of nitrogens with zero attached hydrogens (tertiary/aromatic N) is 3. The molecule has 4 rings (SSSR count). The van der Waals surface area contributed by atoms with E-state index in [0.29, 0.717) is 54.6 Å². The second-order valence-corrected chi connectivity index (χ2v) is 6.93. The van der Waals surface area contributed by atoms with Gasteiger partial charge in [0.1, 0.15) is 23.2 Å². The fourth-order valence-electron chi connectivity index (χ4n) is 3.46. The number of carbonyl (C=O) groups excluding carboxylic acids is 2. The minimum absolute atomic E-state index is 0.0527. The Balaban J connectivity index is 1.67. The lowest BCUT2D eigenvalue weighted by atomic mass is 10.0. The maximum Gasteiger partial charge on any atom is 0.266 e. The van der Waals surface area contributed by atoms with Crippen LogP contribution >= 0.6 is 0 Å². The van der Waals surface area contributed by atoms with Gasteiger partial charge in [0.2, 0.25) is 0 Å². The van der Waals surface area contributed by atoms with Crippen molar-refractivity contribution in [3.05, 3.63) is 70.8 Å². The summed E-state index contributed by atoms with van der Waals surface area (Å²) in [6, 6.07) is 15.9. The van der Waals surface area contributed by atoms with Gasteiger partial charge in [-0.2, -0.15) is 5.26 Å². The quantitative estimate of drug-likeness (QED) is 0.609. The third kappa shape index (κ3) is 4.04. The van der Waals surface area contributed by atoms with E-state index in [0.717, 1.165) is 0 Å². The standard InChI is InChI=1S/C23H20N4O4/c1-30-16-8-6-15(7-9-16)22(28)26-21-18-5-3-2-4-17(18)20(25-21)19(14-24)23(29)27-10-12-31-13-11-27/h2-9H,10-13H2,1H3,(H,25,26,28). The van der Waals surface area contributed by atoms with Gasteiger partial charge in [0, 0.05) is 29.8 Å². The number of amidine groups is 1. The third-order valence-electron chi connectivity index (χ3n) is 5.11. The van der Waals surface area contributed by atoms with Gasteiger partial charge >= 0.3 is 0 Å². The molecular weight excluding hydrogens is 396 g/mol. The molecule has 8 nitrogen and oxygen atoms in total. The lowest BCUT2D eigenvalue weighted by molar-refractivity contribution is -0.130. The monoisotopic (exact) mass is 416 g/mol. The number of hydrogen-bond donors (Lipinski definition) is 1. The molecule has 1 saturated heterocycles. The summed E-state index contributed by atoms with van der Waals surface area (Å²) in [5, 5.41) is 12.6. The van der Waals surface area contributed by atoms with Crippen molar-refractivity contribution in [2.24, 2.45) is 4.99 Å². The lowest BCUT2D eigenvalue weighted by Gasteiger charge is -2.26. The Morgan fingerprint density at radius 1 is 1.10 bits per heavy atom. The third-order valence-corrected chi connectivity index (χ3v) is 5.11. The average molecular weight is 416 g/mol. The van der Waals surface area contributed by atoms with Crippen LogP contribution in [0.25, 0.3) is 5.70 Å². The highest BCUT2D eigenvalue weighted by atomic mass is 16.5. The number of methoxy groups -OCH3 is 1. The molecule has 31 heavy (non-hydrogen) atoms. The van der Waals surface area contributed by atoms with Gasteiger partial charge in [-0.1, -0.05) is 24.3 Å². The zero-order valence-corrected chi connectivity index (χ0v) is 16.9. The highest BCUT2D eigenvalue weighted by molar-refractivity contribution is 6.20. The number of ether oxygens (including phenoxy) is 2. The van der Waals surface area contributed by atoms with E-state index < -0.39 is 0 Å². The fraction of sp³-hybridized carbons (Fsp3) is 0.217. The number of morpholine rings is 1. The van der Waals surface area contributed by atoms with Crippen molar-refractivity contribution in [1.82, 2.24) is 10.2 Å². The van der Waals surface area contributed by atoms with Gasteiger partial charge in [-0.05, 0) is 24.3 Å². The van der Waals surface area contributed by atoms with Gasteiger partial charge < -0.3 is 19.7 Å². The van der Waals surface area contributed by atoms with Crippen molar-refractivity contribution >= 4 is 23.3 Å². The van der Waals surface area contributed by atoms with Crippen LogP contribution in [0.5, 0.6) is 5.75 Å². The number of amides is 2. The fourth-order valence-corrected chi connectivity index (χ4v) is 3.46. The first kappa shape index (κ1) is 20.3. The van der Waals surface area contributed by atoms with E-state index in [2.05, 4.69) is 10.3 Å². The topological polar surface area (TPSA) is 104 Å². The Hall–Kier alpha value is -3.96. The molecule has 0 aromatic heterocycles. The van der Waals surface area contributed by atoms with Gasteiger partial charge in [0.25, 0.3) is 11.8 Å². The van der Waals surface area contributed by atoms with Crippen LogP contribution in [0.1, 0.15) is 21.5 Å². The smallest absolute Gasteiger partial charge is 0.266 e. The van der Waals surface area contributed by atoms with Gasteiger partial charge in [-0.25, -0.2) is 4.99 Å². The van der Waals surface area contributed by atoms with Crippen molar-refractivity contribution in [3.8, 4) is 11.8 Å². The van der Waals surface area contributed by atoms with Crippen LogP contribution in [0.3, 0.4) is 0 Å². The Morgan fingerprint density at radius 2 is 1.77 bits per heavy atom. The van der Waals surface area contributed by atoms with Crippen LogP contribution in [-0.2, 0) is 9.53 Å². The molecule has 0 atom stereocenters. The Bertz CT molecular complexity index is 1120. The van der Waals surface area contributed by atoms with Gasteiger partial charge in [0.15, 0.2) is 0 Å². The number of aliphatic imine (C=N–C) groups is 1. The first-order valence-corrected chi connectivity index (χ1v) is 9.77. The van der Waals surface area contributed by atoms with Crippen LogP contribution in [-0.4, -0.2) is 56.0 Å². The molecule has 2 aromatic carbocycles. The number of benzene rings is 2. The van der Waals surface area contributed by atoms with Crippen molar-refractivity contribution in [2.45, 2.75) is 0 Å². The highest BCUT2D eigenvalue weighted by Crippen LogP contribution is 2.31. The molecule has 0 radical (unpaired) electrons. The number of nitrogens with one attached hydrogen (secondary N) is 1. The molecule has 0 unspecified atom stereocenters. The zero-order valence-electron chi connectivity index (χ0n) is 16.9. The molecule has 2 aliphatic rings. The van der Waals surface area contributed by atoms with Crippen molar-refractivity contribution in [2.75, 3.05) is 33.4 Å². The summed E-state index contributed by atoms with van der Waals surface area (Å²) < 4.78 is 10.4. The molecule has 0 spiro atoms. The normalized spacial score (nSPS) is 16.6. The summed E-state index contributed by atoms with van der Waals surface area (Å²) in [5.74, 6) is 0.206. The molecule has 0 saturated carbocycles. The number of rotatable bonds is 3. The molecule has 8 heteroatoms. The second kappa shape index (κ2) is 8.81. The minimum atomic E-state index is -0.387. The number of fused-ring (bicyclic) bond motifs is 1. The van der Waals surface area contributed by atoms with Crippen LogP contribution in [0.4, 0.5) is 0 Å². The van der Waals surface area contributed by atoms with E-state index in [4.69, 9.17) is 9.47 Å². The molecule has 2 amide bonds. The van der Waals surface area contributed by atoms with E-state index >= 15 is 0 Å². The number of hydrogen-bond acceptors (Lipinski definition) is 6. The van der Waals surface area contributed by atoms with Crippen LogP contribution in [0.2, 0.25) is 0 Å². The molecule has 2 aliphatic heterocycles. The predicted octanol–water partition coefficient (Wildman–Crippen LogP) is 1.98. The summed E-state index contributed by atoms with van der Waals surface area (Å²) in [5.41, 5.74) is 1.93. The summed E-state index contributed by atoms with van der Waals surface area (Å²) in [6.45, 7) is 1.71. The van der Waals surface area contributed by atoms with Gasteiger partial charge in [0.05, 0.1) is 26.0 Å². The zero-order chi connectivity index (χ0) is 21.8. The van der Waals surface area contributed by atoms with Crippen molar-refractivity contribution in [1.29, 1.82) is 5.26 Å². The largest absolute Gasteiger partial charge is 0.497 e. The molecule has 0 aliphatic carbocycles. The minimum Gasteiger partial charge on any atom is -0.497 e. The van der Waals surface area contributed by atoms with E-state index in [9.17, 15) is 14.9 Å². The molecule has 156 valence electrons. The molecule has 1 N–H and O–H groups in total. The summed E-state index contributed by atoms with van der Waals surface area (Å²) >= 11 is 0. The second-order valence-electron chi connectivity index (χ2n) is 6.93. The first-order chi connectivity index (χ1) is 15.1. The first-order valence-electron chi connectivity index (χ1n) is 9.77. The maximum absolute atomic E-state index is 13.0. The van der Waals surface area contributed by atoms with E-state index in [1.165, 1.54) is 0 Å². The molecule has 2 heterocycles. The lowest BCUT2D eigenvalue weighted by Crippen LogP contribution is -2.41. The summed E-state index contributed by atoms with van der Waals surface area (Å²) in [6.07, 6.45) is 0. The Morgan fingerprint density at radius 3 is 2.42 bits per heavy atom. The van der Waals surface area contributed by atoms with Crippen LogP contribution in [0, 0.1) is 11.3 Å². The summed E-state index contributed by atoms with van der Waals surface area (Å²) in [7, 11) is 1.55. The van der Waals surface area contributed by atoms with E-state index in [1.54, 1.807) is 54.5 Å². The summed E-state index contributed by atoms with van der Waals surface area (Å²) in [4.78, 5) is 31.8. The average Bonchev–Trinajstić information content (AvgIpc) is 3.18. The molecule has 2 aromatic rings. The van der Waals surface area contributed by atoms with E-state index in [-0.39, 0.29) is 23.1 Å². The van der Waals surface area contributed by atoms with Crippen molar-refractivity contribution in [3.63, 3.8) is 0 Å². The maximum atomic E-state index is 13.0. The predicted molar refractivity (Wildman–Crippen MR) is 113 cm³/mol. The van der Waals surface area contributed by atoms with Gasteiger partial charge in [-0.3, -0.25) is 9.59 Å². The Labute approximate surface area is 179 Å². The molecule has 0 bridgehead atoms. The SMILES string of the molecule is COc1ccc(C(=O)NC2=NC(=C(C#N)C(=O)N3CCOCC3)c3ccccc32)cc1. The number of carbonyl (C=O) groups is 2.